The standard InChI is InChI=1S/C18H15F2N3O3/c1-18(14-9-8-12(19)10-15(14)20)16(25)23(17(21-18)26-2)22(11-24)13-6-4-3-5-7-13/h3-11H,1-2H3. The molecule has 0 spiro atoms. The van der Waals surface area contributed by atoms with E-state index in [1.165, 1.54) is 14.0 Å². The van der Waals surface area contributed by atoms with Gasteiger partial charge in [0, 0.05) is 11.6 Å². The average molecular weight is 359 g/mol. The van der Waals surface area contributed by atoms with E-state index in [4.69, 9.17) is 4.74 Å². The van der Waals surface area contributed by atoms with Gasteiger partial charge in [-0.05, 0) is 25.1 Å². The lowest BCUT2D eigenvalue weighted by Crippen LogP contribution is -2.50. The number of para-hydroxylation sites is 1. The molecule has 0 N–H and O–H groups in total. The molecule has 0 bridgehead atoms. The number of nitrogens with zero attached hydrogens (tertiary/aromatic N) is 3. The quantitative estimate of drug-likeness (QED) is 0.789. The Hall–Kier alpha value is -3.29. The van der Waals surface area contributed by atoms with Gasteiger partial charge in [-0.1, -0.05) is 24.3 Å². The number of aliphatic imine (C=N–C) groups is 1. The maximum Gasteiger partial charge on any atom is 0.315 e. The van der Waals surface area contributed by atoms with Crippen LogP contribution in [-0.2, 0) is 19.9 Å². The second kappa shape index (κ2) is 6.55. The third-order valence-corrected chi connectivity index (χ3v) is 4.08. The first-order valence-electron chi connectivity index (χ1n) is 7.66. The Balaban J connectivity index is 2.09. The number of amidine groups is 1. The summed E-state index contributed by atoms with van der Waals surface area (Å²) in [6.07, 6.45) is 0.425. The second-order valence-corrected chi connectivity index (χ2v) is 5.70. The molecule has 2 aromatic rings. The predicted octanol–water partition coefficient (Wildman–Crippen LogP) is 2.60. The number of rotatable bonds is 4. The van der Waals surface area contributed by atoms with E-state index < -0.39 is 23.1 Å². The molecule has 1 aliphatic heterocycles. The highest BCUT2D eigenvalue weighted by atomic mass is 19.1. The molecular weight excluding hydrogens is 344 g/mol. The van der Waals surface area contributed by atoms with Crippen molar-refractivity contribution in [3.63, 3.8) is 0 Å². The smallest absolute Gasteiger partial charge is 0.315 e. The molecular formula is C18H15F2N3O3. The fourth-order valence-electron chi connectivity index (χ4n) is 2.77. The molecule has 26 heavy (non-hydrogen) atoms. The molecule has 0 saturated heterocycles. The molecule has 2 aromatic carbocycles. The molecule has 1 heterocycles. The van der Waals surface area contributed by atoms with Crippen LogP contribution in [0, 0.1) is 11.6 Å². The summed E-state index contributed by atoms with van der Waals surface area (Å²) in [5.41, 5.74) is -1.44. The molecule has 0 aliphatic carbocycles. The lowest BCUT2D eigenvalue weighted by molar-refractivity contribution is -0.133. The number of halogens is 2. The molecule has 1 atom stereocenters. The SMILES string of the molecule is COC1=NC(C)(c2ccc(F)cc2F)C(=O)N1N(C=O)c1ccccc1. The topological polar surface area (TPSA) is 62.2 Å². The third-order valence-electron chi connectivity index (χ3n) is 4.08. The summed E-state index contributed by atoms with van der Waals surface area (Å²) in [6.45, 7) is 1.37. The van der Waals surface area contributed by atoms with Crippen molar-refractivity contribution in [2.75, 3.05) is 12.1 Å². The number of methoxy groups -OCH3 is 1. The lowest BCUT2D eigenvalue weighted by atomic mass is 9.92. The van der Waals surface area contributed by atoms with Crippen LogP contribution in [0.1, 0.15) is 12.5 Å². The van der Waals surface area contributed by atoms with E-state index in [1.807, 2.05) is 0 Å². The van der Waals surface area contributed by atoms with Gasteiger partial charge in [-0.15, -0.1) is 0 Å². The Bertz CT molecular complexity index is 889. The maximum absolute atomic E-state index is 14.3. The highest BCUT2D eigenvalue weighted by molar-refractivity contribution is 6.08. The number of benzene rings is 2. The van der Waals surface area contributed by atoms with Gasteiger partial charge in [-0.25, -0.2) is 18.8 Å². The van der Waals surface area contributed by atoms with Gasteiger partial charge in [-0.3, -0.25) is 9.59 Å². The van der Waals surface area contributed by atoms with Crippen molar-refractivity contribution in [3.05, 3.63) is 65.7 Å². The van der Waals surface area contributed by atoms with Crippen LogP contribution in [0.4, 0.5) is 14.5 Å². The average Bonchev–Trinajstić information content (AvgIpc) is 2.89. The van der Waals surface area contributed by atoms with Crippen molar-refractivity contribution in [2.45, 2.75) is 12.5 Å². The molecule has 3 rings (SSSR count). The second-order valence-electron chi connectivity index (χ2n) is 5.70. The van der Waals surface area contributed by atoms with Gasteiger partial charge >= 0.3 is 6.02 Å². The van der Waals surface area contributed by atoms with Gasteiger partial charge in [0.15, 0.2) is 5.54 Å². The number of hydrogen-bond acceptors (Lipinski definition) is 4. The first-order valence-corrected chi connectivity index (χ1v) is 7.66. The zero-order valence-electron chi connectivity index (χ0n) is 14.0. The molecule has 1 unspecified atom stereocenters. The number of amides is 2. The Morgan fingerprint density at radius 2 is 1.88 bits per heavy atom. The molecule has 0 aromatic heterocycles. The number of carbonyl (C=O) groups excluding carboxylic acids is 2. The minimum Gasteiger partial charge on any atom is -0.467 e. The molecule has 2 amide bonds. The highest BCUT2D eigenvalue weighted by Crippen LogP contribution is 2.36. The number of hydrogen-bond donors (Lipinski definition) is 0. The van der Waals surface area contributed by atoms with Crippen LogP contribution >= 0.6 is 0 Å². The lowest BCUT2D eigenvalue weighted by Gasteiger charge is -2.29. The van der Waals surface area contributed by atoms with E-state index in [2.05, 4.69) is 4.99 Å². The predicted molar refractivity (Wildman–Crippen MR) is 90.0 cm³/mol. The molecule has 0 saturated carbocycles. The van der Waals surface area contributed by atoms with Crippen LogP contribution in [0.15, 0.2) is 53.5 Å². The first-order chi connectivity index (χ1) is 12.4. The van der Waals surface area contributed by atoms with Crippen LogP contribution in [-0.4, -0.2) is 30.5 Å². The minimum absolute atomic E-state index is 0.125. The van der Waals surface area contributed by atoms with Gasteiger partial charge < -0.3 is 4.74 Å². The Kier molecular flexibility index (Phi) is 4.41. The van der Waals surface area contributed by atoms with E-state index in [-0.39, 0.29) is 11.6 Å². The normalized spacial score (nSPS) is 19.3. The highest BCUT2D eigenvalue weighted by Gasteiger charge is 2.51. The zero-order chi connectivity index (χ0) is 18.9. The third kappa shape index (κ3) is 2.69. The monoisotopic (exact) mass is 359 g/mol. The van der Waals surface area contributed by atoms with Crippen molar-refractivity contribution in [1.29, 1.82) is 0 Å². The molecule has 0 fully saturated rings. The van der Waals surface area contributed by atoms with E-state index in [0.717, 1.165) is 22.2 Å². The van der Waals surface area contributed by atoms with Crippen molar-refractivity contribution in [1.82, 2.24) is 5.01 Å². The summed E-state index contributed by atoms with van der Waals surface area (Å²) in [5, 5.41) is 1.93. The molecule has 6 nitrogen and oxygen atoms in total. The van der Waals surface area contributed by atoms with Gasteiger partial charge in [0.25, 0.3) is 5.91 Å². The fourth-order valence-corrected chi connectivity index (χ4v) is 2.77. The largest absolute Gasteiger partial charge is 0.467 e. The fraction of sp³-hybridized carbons (Fsp3) is 0.167. The van der Waals surface area contributed by atoms with Crippen LogP contribution in [0.5, 0.6) is 0 Å². The van der Waals surface area contributed by atoms with Gasteiger partial charge in [0.1, 0.15) is 11.6 Å². The number of hydrazine groups is 1. The Labute approximate surface area is 148 Å². The first kappa shape index (κ1) is 17.5. The molecule has 8 heteroatoms. The van der Waals surface area contributed by atoms with Crippen molar-refractivity contribution in [3.8, 4) is 0 Å². The summed E-state index contributed by atoms with van der Waals surface area (Å²) in [6, 6.07) is 11.0. The molecule has 1 aliphatic rings. The van der Waals surface area contributed by atoms with Crippen LogP contribution < -0.4 is 5.01 Å². The van der Waals surface area contributed by atoms with Crippen LogP contribution in [0.2, 0.25) is 0 Å². The summed E-state index contributed by atoms with van der Waals surface area (Å²) in [4.78, 5) is 28.9. The van der Waals surface area contributed by atoms with E-state index in [1.54, 1.807) is 30.3 Å². The number of ether oxygens (including phenoxy) is 1. The van der Waals surface area contributed by atoms with Gasteiger partial charge in [0.2, 0.25) is 6.41 Å². The molecule has 134 valence electrons. The maximum atomic E-state index is 14.3. The Morgan fingerprint density at radius 3 is 2.46 bits per heavy atom. The van der Waals surface area contributed by atoms with Crippen LogP contribution in [0.25, 0.3) is 0 Å². The van der Waals surface area contributed by atoms with Crippen LogP contribution in [0.3, 0.4) is 0 Å². The van der Waals surface area contributed by atoms with Crippen molar-refractivity contribution < 1.29 is 23.1 Å². The minimum atomic E-state index is -1.71. The summed E-state index contributed by atoms with van der Waals surface area (Å²) < 4.78 is 32.6. The van der Waals surface area contributed by atoms with Gasteiger partial charge in [-0.2, -0.15) is 5.01 Å². The summed E-state index contributed by atoms with van der Waals surface area (Å²) >= 11 is 0. The van der Waals surface area contributed by atoms with E-state index >= 15 is 0 Å². The van der Waals surface area contributed by atoms with Gasteiger partial charge in [0.05, 0.1) is 12.8 Å². The summed E-state index contributed by atoms with van der Waals surface area (Å²) in [7, 11) is 1.28. The Morgan fingerprint density at radius 1 is 1.19 bits per heavy atom. The van der Waals surface area contributed by atoms with E-state index in [0.29, 0.717) is 18.2 Å². The van der Waals surface area contributed by atoms with Crippen molar-refractivity contribution in [2.24, 2.45) is 4.99 Å². The van der Waals surface area contributed by atoms with Crippen molar-refractivity contribution >= 4 is 24.0 Å². The number of anilines is 1. The number of carbonyl (C=O) groups is 2. The summed E-state index contributed by atoms with van der Waals surface area (Å²) in [5.74, 6) is -2.40. The molecule has 0 radical (unpaired) electrons. The zero-order valence-corrected chi connectivity index (χ0v) is 14.0. The van der Waals surface area contributed by atoms with E-state index in [9.17, 15) is 18.4 Å².